The number of benzene rings is 1. The normalized spacial score (nSPS) is 25.9. The van der Waals surface area contributed by atoms with Crippen molar-refractivity contribution in [2.45, 2.75) is 31.8 Å². The van der Waals surface area contributed by atoms with Gasteiger partial charge in [-0.2, -0.15) is 0 Å². The summed E-state index contributed by atoms with van der Waals surface area (Å²) in [6.07, 6.45) is 4.14. The molecule has 1 aliphatic carbocycles. The third-order valence-electron chi connectivity index (χ3n) is 4.00. The van der Waals surface area contributed by atoms with E-state index in [9.17, 15) is 0 Å². The second-order valence-corrected chi connectivity index (χ2v) is 6.53. The van der Waals surface area contributed by atoms with Gasteiger partial charge in [-0.05, 0) is 56.0 Å². The molecular formula is C15H21BrN2. The van der Waals surface area contributed by atoms with Crippen LogP contribution in [0.2, 0.25) is 0 Å². The summed E-state index contributed by atoms with van der Waals surface area (Å²) in [5, 5.41) is 3.72. The van der Waals surface area contributed by atoms with Gasteiger partial charge in [0.05, 0.1) is 0 Å². The van der Waals surface area contributed by atoms with E-state index in [0.717, 1.165) is 18.5 Å². The molecular weight excluding hydrogens is 288 g/mol. The first-order valence-electron chi connectivity index (χ1n) is 7.01. The third kappa shape index (κ3) is 3.34. The van der Waals surface area contributed by atoms with Gasteiger partial charge in [0.1, 0.15) is 0 Å². The number of hydrogen-bond donors (Lipinski definition) is 1. The van der Waals surface area contributed by atoms with Crippen LogP contribution in [-0.4, -0.2) is 30.6 Å². The van der Waals surface area contributed by atoms with Crippen LogP contribution in [0.5, 0.6) is 0 Å². The summed E-state index contributed by atoms with van der Waals surface area (Å²) in [6.45, 7) is 4.72. The molecule has 2 nitrogen and oxygen atoms in total. The zero-order valence-corrected chi connectivity index (χ0v) is 12.3. The van der Waals surface area contributed by atoms with E-state index < -0.39 is 0 Å². The maximum atomic E-state index is 3.72. The lowest BCUT2D eigenvalue weighted by Gasteiger charge is -2.24. The highest BCUT2D eigenvalue weighted by molar-refractivity contribution is 9.10. The SMILES string of the molecule is Brc1cccc(CN2CCCNC(C3CC3)C2)c1. The Balaban J connectivity index is 1.63. The van der Waals surface area contributed by atoms with Crippen molar-refractivity contribution in [3.05, 3.63) is 34.3 Å². The zero-order valence-electron chi connectivity index (χ0n) is 10.7. The van der Waals surface area contributed by atoms with Crippen molar-refractivity contribution in [2.75, 3.05) is 19.6 Å². The van der Waals surface area contributed by atoms with Gasteiger partial charge in [-0.1, -0.05) is 28.1 Å². The van der Waals surface area contributed by atoms with E-state index in [-0.39, 0.29) is 0 Å². The Morgan fingerprint density at radius 2 is 2.22 bits per heavy atom. The second kappa shape index (κ2) is 5.72. The minimum absolute atomic E-state index is 0.736. The van der Waals surface area contributed by atoms with Crippen LogP contribution in [0.1, 0.15) is 24.8 Å². The van der Waals surface area contributed by atoms with Gasteiger partial charge in [0, 0.05) is 23.6 Å². The Morgan fingerprint density at radius 1 is 1.33 bits per heavy atom. The molecule has 1 atom stereocenters. The van der Waals surface area contributed by atoms with Gasteiger partial charge >= 0.3 is 0 Å². The van der Waals surface area contributed by atoms with Crippen LogP contribution >= 0.6 is 15.9 Å². The summed E-state index contributed by atoms with van der Waals surface area (Å²) in [5.41, 5.74) is 1.42. The number of nitrogens with zero attached hydrogens (tertiary/aromatic N) is 1. The van der Waals surface area contributed by atoms with Gasteiger partial charge in [-0.15, -0.1) is 0 Å². The van der Waals surface area contributed by atoms with Crippen LogP contribution in [0.15, 0.2) is 28.7 Å². The Kier molecular flexibility index (Phi) is 4.02. The zero-order chi connectivity index (χ0) is 12.4. The molecule has 0 spiro atoms. The lowest BCUT2D eigenvalue weighted by atomic mass is 10.1. The minimum Gasteiger partial charge on any atom is -0.312 e. The molecule has 1 aliphatic heterocycles. The van der Waals surface area contributed by atoms with Crippen molar-refractivity contribution in [1.29, 1.82) is 0 Å². The Bertz CT molecular complexity index is 403. The quantitative estimate of drug-likeness (QED) is 0.923. The molecule has 1 heterocycles. The smallest absolute Gasteiger partial charge is 0.0234 e. The lowest BCUT2D eigenvalue weighted by Crippen LogP contribution is -2.38. The molecule has 1 saturated carbocycles. The summed E-state index contributed by atoms with van der Waals surface area (Å²) in [4.78, 5) is 2.62. The topological polar surface area (TPSA) is 15.3 Å². The highest BCUT2D eigenvalue weighted by Gasteiger charge is 2.32. The van der Waals surface area contributed by atoms with Crippen molar-refractivity contribution in [1.82, 2.24) is 10.2 Å². The Labute approximate surface area is 118 Å². The largest absolute Gasteiger partial charge is 0.312 e. The molecule has 18 heavy (non-hydrogen) atoms. The standard InChI is InChI=1S/C15H21BrN2/c16-14-4-1-3-12(9-14)10-18-8-2-7-17-15(11-18)13-5-6-13/h1,3-4,9,13,15,17H,2,5-8,10-11H2. The number of halogens is 1. The molecule has 98 valence electrons. The van der Waals surface area contributed by atoms with Gasteiger partial charge < -0.3 is 5.32 Å². The second-order valence-electron chi connectivity index (χ2n) is 5.62. The average Bonchev–Trinajstić information content (AvgIpc) is 3.15. The van der Waals surface area contributed by atoms with E-state index in [0.29, 0.717) is 0 Å². The summed E-state index contributed by atoms with van der Waals surface area (Å²) in [5.74, 6) is 0.952. The molecule has 3 heteroatoms. The first-order valence-corrected chi connectivity index (χ1v) is 7.81. The van der Waals surface area contributed by atoms with Gasteiger partial charge in [0.2, 0.25) is 0 Å². The summed E-state index contributed by atoms with van der Waals surface area (Å²) < 4.78 is 1.19. The van der Waals surface area contributed by atoms with E-state index in [1.165, 1.54) is 48.9 Å². The van der Waals surface area contributed by atoms with Crippen molar-refractivity contribution >= 4 is 15.9 Å². The summed E-state index contributed by atoms with van der Waals surface area (Å²) >= 11 is 3.56. The predicted molar refractivity (Wildman–Crippen MR) is 78.6 cm³/mol. The maximum Gasteiger partial charge on any atom is 0.0234 e. The van der Waals surface area contributed by atoms with Crippen molar-refractivity contribution in [3.63, 3.8) is 0 Å². The molecule has 2 aliphatic rings. The van der Waals surface area contributed by atoms with Crippen LogP contribution in [0.4, 0.5) is 0 Å². The molecule has 0 bridgehead atoms. The van der Waals surface area contributed by atoms with Gasteiger partial charge in [-0.25, -0.2) is 0 Å². The molecule has 0 aromatic heterocycles. The molecule has 0 radical (unpaired) electrons. The van der Waals surface area contributed by atoms with E-state index in [2.05, 4.69) is 50.4 Å². The maximum absolute atomic E-state index is 3.72. The molecule has 1 saturated heterocycles. The van der Waals surface area contributed by atoms with E-state index >= 15 is 0 Å². The Hall–Kier alpha value is -0.380. The molecule has 1 unspecified atom stereocenters. The van der Waals surface area contributed by atoms with Crippen LogP contribution in [0, 0.1) is 5.92 Å². The average molecular weight is 309 g/mol. The van der Waals surface area contributed by atoms with Gasteiger partial charge in [-0.3, -0.25) is 4.90 Å². The fourth-order valence-corrected chi connectivity index (χ4v) is 3.32. The van der Waals surface area contributed by atoms with Crippen LogP contribution in [0.25, 0.3) is 0 Å². The first-order chi connectivity index (χ1) is 8.81. The van der Waals surface area contributed by atoms with Gasteiger partial charge in [0.15, 0.2) is 0 Å². The fraction of sp³-hybridized carbons (Fsp3) is 0.600. The molecule has 1 aromatic carbocycles. The highest BCUT2D eigenvalue weighted by atomic mass is 79.9. The van der Waals surface area contributed by atoms with Gasteiger partial charge in [0.25, 0.3) is 0 Å². The number of rotatable bonds is 3. The lowest BCUT2D eigenvalue weighted by molar-refractivity contribution is 0.251. The molecule has 1 aromatic rings. The minimum atomic E-state index is 0.736. The van der Waals surface area contributed by atoms with E-state index in [1.807, 2.05) is 0 Å². The first kappa shape index (κ1) is 12.6. The highest BCUT2D eigenvalue weighted by Crippen LogP contribution is 2.33. The van der Waals surface area contributed by atoms with Crippen molar-refractivity contribution < 1.29 is 0 Å². The number of hydrogen-bond acceptors (Lipinski definition) is 2. The van der Waals surface area contributed by atoms with Crippen molar-refractivity contribution in [2.24, 2.45) is 5.92 Å². The Morgan fingerprint density at radius 3 is 3.00 bits per heavy atom. The summed E-state index contributed by atoms with van der Waals surface area (Å²) in [6, 6.07) is 9.44. The molecule has 2 fully saturated rings. The van der Waals surface area contributed by atoms with E-state index in [4.69, 9.17) is 0 Å². The van der Waals surface area contributed by atoms with Crippen LogP contribution in [-0.2, 0) is 6.54 Å². The summed E-state index contributed by atoms with van der Waals surface area (Å²) in [7, 11) is 0. The third-order valence-corrected chi connectivity index (χ3v) is 4.49. The number of nitrogens with one attached hydrogen (secondary N) is 1. The fourth-order valence-electron chi connectivity index (χ4n) is 2.88. The van der Waals surface area contributed by atoms with Crippen LogP contribution < -0.4 is 5.32 Å². The molecule has 1 N–H and O–H groups in total. The monoisotopic (exact) mass is 308 g/mol. The molecule has 3 rings (SSSR count). The predicted octanol–water partition coefficient (Wildman–Crippen LogP) is 3.02. The molecule has 0 amide bonds. The van der Waals surface area contributed by atoms with Crippen molar-refractivity contribution in [3.8, 4) is 0 Å². The van der Waals surface area contributed by atoms with Crippen LogP contribution in [0.3, 0.4) is 0 Å². The van der Waals surface area contributed by atoms with E-state index in [1.54, 1.807) is 0 Å².